The third kappa shape index (κ3) is 2.49. The molecule has 0 spiro atoms. The van der Waals surface area contributed by atoms with Gasteiger partial charge in [0.2, 0.25) is 0 Å². The van der Waals surface area contributed by atoms with Crippen LogP contribution >= 0.6 is 11.8 Å². The van der Waals surface area contributed by atoms with Crippen molar-refractivity contribution < 1.29 is 4.79 Å². The van der Waals surface area contributed by atoms with Crippen molar-refractivity contribution in [1.29, 1.82) is 5.26 Å². The standard InChI is InChI=1S/C19H15N3OS/c20-11-14-6-7-17(22-10-2-5-16(14)22)15-12-21-9-8-18(15)24-19(23)13-3-1-4-13/h2,5-10,12-13H,1,3-4H2. The van der Waals surface area contributed by atoms with Crippen molar-refractivity contribution in [1.82, 2.24) is 9.38 Å². The van der Waals surface area contributed by atoms with E-state index in [1.54, 1.807) is 12.4 Å². The van der Waals surface area contributed by atoms with Crippen LogP contribution in [0.1, 0.15) is 24.8 Å². The van der Waals surface area contributed by atoms with E-state index >= 15 is 0 Å². The number of nitrogens with zero attached hydrogens (tertiary/aromatic N) is 3. The first kappa shape index (κ1) is 15.0. The van der Waals surface area contributed by atoms with Gasteiger partial charge >= 0.3 is 0 Å². The molecule has 1 fully saturated rings. The lowest BCUT2D eigenvalue weighted by molar-refractivity contribution is -0.116. The number of nitriles is 1. The second kappa shape index (κ2) is 6.14. The van der Waals surface area contributed by atoms with Crippen molar-refractivity contribution in [3.8, 4) is 17.3 Å². The maximum Gasteiger partial charge on any atom is 0.196 e. The van der Waals surface area contributed by atoms with Gasteiger partial charge in [-0.15, -0.1) is 0 Å². The molecule has 0 aliphatic heterocycles. The molecule has 0 saturated heterocycles. The molecule has 1 aliphatic carbocycles. The Hall–Kier alpha value is -2.58. The Labute approximate surface area is 144 Å². The highest BCUT2D eigenvalue weighted by atomic mass is 32.2. The number of thioether (sulfide) groups is 1. The van der Waals surface area contributed by atoms with Gasteiger partial charge in [-0.3, -0.25) is 9.78 Å². The minimum absolute atomic E-state index is 0.198. The Bertz CT molecular complexity index is 966. The highest BCUT2D eigenvalue weighted by Gasteiger charge is 2.26. The molecule has 0 amide bonds. The van der Waals surface area contributed by atoms with Crippen LogP contribution in [0.3, 0.4) is 0 Å². The predicted octanol–water partition coefficient (Wildman–Crippen LogP) is 4.29. The van der Waals surface area contributed by atoms with Crippen LogP contribution in [-0.4, -0.2) is 14.5 Å². The van der Waals surface area contributed by atoms with Crippen LogP contribution in [0.4, 0.5) is 0 Å². The van der Waals surface area contributed by atoms with Gasteiger partial charge in [0.25, 0.3) is 0 Å². The lowest BCUT2D eigenvalue weighted by Gasteiger charge is -2.23. The van der Waals surface area contributed by atoms with Crippen LogP contribution < -0.4 is 0 Å². The molecule has 0 atom stereocenters. The van der Waals surface area contributed by atoms with Crippen molar-refractivity contribution >= 4 is 22.4 Å². The number of hydrogen-bond donors (Lipinski definition) is 0. The molecule has 3 aromatic heterocycles. The molecule has 24 heavy (non-hydrogen) atoms. The maximum absolute atomic E-state index is 12.4. The van der Waals surface area contributed by atoms with Crippen molar-refractivity contribution in [2.45, 2.75) is 24.2 Å². The van der Waals surface area contributed by atoms with Crippen molar-refractivity contribution in [3.05, 3.63) is 54.5 Å². The zero-order valence-corrected chi connectivity index (χ0v) is 13.8. The van der Waals surface area contributed by atoms with Crippen LogP contribution in [0.15, 0.2) is 53.8 Å². The van der Waals surface area contributed by atoms with Crippen LogP contribution in [-0.2, 0) is 4.79 Å². The molecule has 3 aromatic rings. The molecule has 5 heteroatoms. The highest BCUT2D eigenvalue weighted by molar-refractivity contribution is 8.13. The van der Waals surface area contributed by atoms with Crippen molar-refractivity contribution in [2.24, 2.45) is 5.92 Å². The molecular weight excluding hydrogens is 318 g/mol. The van der Waals surface area contributed by atoms with E-state index in [0.717, 1.165) is 40.9 Å². The molecular formula is C19H15N3OS. The summed E-state index contributed by atoms with van der Waals surface area (Å²) >= 11 is 1.31. The third-order valence-electron chi connectivity index (χ3n) is 4.52. The summed E-state index contributed by atoms with van der Waals surface area (Å²) in [6.45, 7) is 0. The van der Waals surface area contributed by atoms with Gasteiger partial charge in [-0.05, 0) is 43.2 Å². The summed E-state index contributed by atoms with van der Waals surface area (Å²) in [6.07, 6.45) is 8.60. The molecule has 118 valence electrons. The molecule has 3 heterocycles. The zero-order valence-electron chi connectivity index (χ0n) is 13.0. The van der Waals surface area contributed by atoms with Gasteiger partial charge < -0.3 is 4.40 Å². The molecule has 1 aliphatic rings. The second-order valence-electron chi connectivity index (χ2n) is 5.93. The minimum Gasteiger partial charge on any atom is -0.315 e. The van der Waals surface area contributed by atoms with Crippen LogP contribution in [0, 0.1) is 17.2 Å². The van der Waals surface area contributed by atoms with E-state index in [9.17, 15) is 10.1 Å². The average molecular weight is 333 g/mol. The van der Waals surface area contributed by atoms with Crippen molar-refractivity contribution in [2.75, 3.05) is 0 Å². The molecule has 1 saturated carbocycles. The molecule has 0 unspecified atom stereocenters. The number of rotatable bonds is 3. The van der Waals surface area contributed by atoms with E-state index in [1.165, 1.54) is 11.8 Å². The Balaban J connectivity index is 1.79. The Morgan fingerprint density at radius 1 is 1.29 bits per heavy atom. The van der Waals surface area contributed by atoms with Crippen LogP contribution in [0.25, 0.3) is 16.8 Å². The Morgan fingerprint density at radius 3 is 2.92 bits per heavy atom. The number of aromatic nitrogens is 2. The highest BCUT2D eigenvalue weighted by Crippen LogP contribution is 2.38. The van der Waals surface area contributed by atoms with Crippen LogP contribution in [0.2, 0.25) is 0 Å². The normalized spacial score (nSPS) is 14.3. The molecule has 0 aromatic carbocycles. The first-order valence-corrected chi connectivity index (χ1v) is 8.76. The SMILES string of the molecule is N#Cc1ccc(-c2cnccc2SC(=O)C2CCC2)n2cccc12. The molecule has 4 nitrogen and oxygen atoms in total. The fourth-order valence-corrected chi connectivity index (χ4v) is 3.97. The van der Waals surface area contributed by atoms with Gasteiger partial charge in [0.1, 0.15) is 6.07 Å². The molecule has 4 rings (SSSR count). The van der Waals surface area contributed by atoms with Gasteiger partial charge in [-0.1, -0.05) is 18.2 Å². The third-order valence-corrected chi connectivity index (χ3v) is 5.63. The summed E-state index contributed by atoms with van der Waals surface area (Å²) in [5.74, 6) is 0.198. The number of hydrogen-bond acceptors (Lipinski definition) is 4. The largest absolute Gasteiger partial charge is 0.315 e. The summed E-state index contributed by atoms with van der Waals surface area (Å²) in [7, 11) is 0. The van der Waals surface area contributed by atoms with Gasteiger partial charge in [-0.25, -0.2) is 0 Å². The number of carbonyl (C=O) groups is 1. The van der Waals surface area contributed by atoms with Gasteiger partial charge in [0.05, 0.1) is 16.8 Å². The van der Waals surface area contributed by atoms with Crippen LogP contribution in [0.5, 0.6) is 0 Å². The van der Waals surface area contributed by atoms with Gasteiger partial charge in [0, 0.05) is 35.0 Å². The summed E-state index contributed by atoms with van der Waals surface area (Å²) in [4.78, 5) is 17.5. The van der Waals surface area contributed by atoms with E-state index in [2.05, 4.69) is 11.1 Å². The van der Waals surface area contributed by atoms with Gasteiger partial charge in [0.15, 0.2) is 5.12 Å². The molecule has 0 N–H and O–H groups in total. The topological polar surface area (TPSA) is 58.2 Å². The van der Waals surface area contributed by atoms with E-state index < -0.39 is 0 Å². The number of fused-ring (bicyclic) bond motifs is 1. The second-order valence-corrected chi connectivity index (χ2v) is 6.97. The Kier molecular flexibility index (Phi) is 3.83. The number of pyridine rings is 2. The Morgan fingerprint density at radius 2 is 2.17 bits per heavy atom. The zero-order chi connectivity index (χ0) is 16.5. The molecule has 0 bridgehead atoms. The fraction of sp³-hybridized carbons (Fsp3) is 0.211. The fourth-order valence-electron chi connectivity index (χ4n) is 2.95. The number of carbonyl (C=O) groups excluding carboxylic acids is 1. The molecule has 0 radical (unpaired) electrons. The predicted molar refractivity (Wildman–Crippen MR) is 93.5 cm³/mol. The summed E-state index contributed by atoms with van der Waals surface area (Å²) in [5, 5.41) is 9.50. The summed E-state index contributed by atoms with van der Waals surface area (Å²) < 4.78 is 1.98. The monoisotopic (exact) mass is 333 g/mol. The minimum atomic E-state index is 0.198. The summed E-state index contributed by atoms with van der Waals surface area (Å²) in [6, 6.07) is 11.7. The summed E-state index contributed by atoms with van der Waals surface area (Å²) in [5.41, 5.74) is 3.35. The van der Waals surface area contributed by atoms with E-state index in [-0.39, 0.29) is 11.0 Å². The maximum atomic E-state index is 12.4. The van der Waals surface area contributed by atoms with Crippen molar-refractivity contribution in [3.63, 3.8) is 0 Å². The first-order valence-electron chi connectivity index (χ1n) is 7.94. The lowest BCUT2D eigenvalue weighted by atomic mass is 9.87. The van der Waals surface area contributed by atoms with E-state index in [1.807, 2.05) is 40.9 Å². The average Bonchev–Trinajstić information content (AvgIpc) is 3.02. The lowest BCUT2D eigenvalue weighted by Crippen LogP contribution is -2.19. The smallest absolute Gasteiger partial charge is 0.196 e. The first-order chi connectivity index (χ1) is 11.8. The van der Waals surface area contributed by atoms with E-state index in [0.29, 0.717) is 5.56 Å². The van der Waals surface area contributed by atoms with E-state index in [4.69, 9.17) is 0 Å². The van der Waals surface area contributed by atoms with Gasteiger partial charge in [-0.2, -0.15) is 5.26 Å². The quantitative estimate of drug-likeness (QED) is 0.671.